The first-order valence-corrected chi connectivity index (χ1v) is 8.93. The predicted molar refractivity (Wildman–Crippen MR) is 106 cm³/mol. The van der Waals surface area contributed by atoms with Crippen LogP contribution in [0.15, 0.2) is 41.1 Å². The summed E-state index contributed by atoms with van der Waals surface area (Å²) in [5, 5.41) is 9.28. The number of rotatable bonds is 7. The average molecular weight is 382 g/mol. The summed E-state index contributed by atoms with van der Waals surface area (Å²) in [5.74, 6) is -0.472. The molecule has 0 fully saturated rings. The lowest BCUT2D eigenvalue weighted by atomic mass is 9.94. The van der Waals surface area contributed by atoms with E-state index in [1.807, 2.05) is 19.2 Å². The van der Waals surface area contributed by atoms with Crippen molar-refractivity contribution in [2.45, 2.75) is 32.2 Å². The second-order valence-corrected chi connectivity index (χ2v) is 6.54. The molecule has 25 heavy (non-hydrogen) atoms. The normalized spacial score (nSPS) is 10.7. The fourth-order valence-corrected chi connectivity index (χ4v) is 2.87. The lowest BCUT2D eigenvalue weighted by Crippen LogP contribution is -2.49. The lowest BCUT2D eigenvalue weighted by Gasteiger charge is -2.27. The number of nitrogens with one attached hydrogen (secondary N) is 2. The third-order valence-electron chi connectivity index (χ3n) is 4.21. The number of hydrogen-bond acceptors (Lipinski definition) is 4. The van der Waals surface area contributed by atoms with E-state index < -0.39 is 5.54 Å². The molecule has 0 saturated carbocycles. The number of thiophene rings is 1. The van der Waals surface area contributed by atoms with Gasteiger partial charge in [-0.15, -0.1) is 12.4 Å². The number of nitrogens with two attached hydrogens (primary N) is 1. The Morgan fingerprint density at radius 3 is 2.40 bits per heavy atom. The molecule has 136 valence electrons. The smallest absolute Gasteiger partial charge is 0.256 e. The number of para-hydroxylation sites is 1. The number of benzene rings is 1. The first-order valence-electron chi connectivity index (χ1n) is 7.98. The summed E-state index contributed by atoms with van der Waals surface area (Å²) in [4.78, 5) is 24.7. The zero-order valence-corrected chi connectivity index (χ0v) is 16.0. The van der Waals surface area contributed by atoms with Gasteiger partial charge in [0.25, 0.3) is 11.8 Å². The topological polar surface area (TPSA) is 84.2 Å². The maximum atomic E-state index is 12.5. The van der Waals surface area contributed by atoms with Crippen molar-refractivity contribution in [1.82, 2.24) is 5.32 Å². The molecule has 1 aromatic heterocycles. The Bertz CT molecular complexity index is 700. The van der Waals surface area contributed by atoms with E-state index in [0.29, 0.717) is 23.4 Å². The molecule has 0 unspecified atom stereocenters. The fraction of sp³-hybridized carbons (Fsp3) is 0.333. The largest absolute Gasteiger partial charge is 0.350 e. The molecule has 7 heteroatoms. The van der Waals surface area contributed by atoms with Crippen LogP contribution in [0.5, 0.6) is 0 Å². The van der Waals surface area contributed by atoms with Crippen LogP contribution >= 0.6 is 23.7 Å². The van der Waals surface area contributed by atoms with Crippen molar-refractivity contribution in [3.8, 4) is 0 Å². The Morgan fingerprint density at radius 2 is 1.80 bits per heavy atom. The molecule has 1 aromatic carbocycles. The molecule has 0 atom stereocenters. The van der Waals surface area contributed by atoms with Crippen LogP contribution in [0.4, 0.5) is 5.69 Å². The van der Waals surface area contributed by atoms with Crippen molar-refractivity contribution >= 4 is 41.2 Å². The van der Waals surface area contributed by atoms with E-state index in [1.54, 1.807) is 35.7 Å². The summed E-state index contributed by atoms with van der Waals surface area (Å²) >= 11 is 1.45. The van der Waals surface area contributed by atoms with E-state index in [0.717, 1.165) is 12.8 Å². The molecule has 0 aliphatic heterocycles. The summed E-state index contributed by atoms with van der Waals surface area (Å²) in [6, 6.07) is 8.70. The number of hydrogen-bond donors (Lipinski definition) is 3. The van der Waals surface area contributed by atoms with Gasteiger partial charge in [-0.3, -0.25) is 9.59 Å². The third kappa shape index (κ3) is 5.56. The number of halogens is 1. The predicted octanol–water partition coefficient (Wildman–Crippen LogP) is 3.67. The molecular formula is C18H24ClN3O2S. The van der Waals surface area contributed by atoms with Crippen molar-refractivity contribution < 1.29 is 9.59 Å². The first-order chi connectivity index (χ1) is 11.5. The minimum atomic E-state index is -0.412. The Labute approximate surface area is 158 Å². The zero-order valence-electron chi connectivity index (χ0n) is 14.4. The summed E-state index contributed by atoms with van der Waals surface area (Å²) in [7, 11) is 0. The molecule has 0 spiro atoms. The van der Waals surface area contributed by atoms with Crippen LogP contribution in [0.1, 0.15) is 47.4 Å². The van der Waals surface area contributed by atoms with E-state index in [-0.39, 0.29) is 24.2 Å². The van der Waals surface area contributed by atoms with Gasteiger partial charge in [-0.05, 0) is 36.4 Å². The van der Waals surface area contributed by atoms with Crippen LogP contribution in [0, 0.1) is 0 Å². The molecule has 0 bridgehead atoms. The van der Waals surface area contributed by atoms with Gasteiger partial charge < -0.3 is 16.4 Å². The highest BCUT2D eigenvalue weighted by molar-refractivity contribution is 7.08. The Hall–Kier alpha value is -1.89. The van der Waals surface area contributed by atoms with E-state index >= 15 is 0 Å². The van der Waals surface area contributed by atoms with Crippen molar-refractivity contribution in [2.24, 2.45) is 5.73 Å². The van der Waals surface area contributed by atoms with Gasteiger partial charge in [0.2, 0.25) is 0 Å². The number of anilines is 1. The molecule has 0 radical (unpaired) electrons. The van der Waals surface area contributed by atoms with Gasteiger partial charge in [-0.1, -0.05) is 26.0 Å². The monoisotopic (exact) mass is 381 g/mol. The summed E-state index contributed by atoms with van der Waals surface area (Å²) < 4.78 is 0. The second-order valence-electron chi connectivity index (χ2n) is 5.76. The maximum Gasteiger partial charge on any atom is 0.256 e. The van der Waals surface area contributed by atoms with Crippen LogP contribution in [-0.2, 0) is 0 Å². The highest BCUT2D eigenvalue weighted by Crippen LogP contribution is 2.18. The molecule has 5 nitrogen and oxygen atoms in total. The summed E-state index contributed by atoms with van der Waals surface area (Å²) in [6.07, 6.45) is 1.56. The molecule has 2 amide bonds. The van der Waals surface area contributed by atoms with Crippen molar-refractivity contribution in [1.29, 1.82) is 0 Å². The lowest BCUT2D eigenvalue weighted by molar-refractivity contribution is 0.0943. The highest BCUT2D eigenvalue weighted by atomic mass is 35.5. The van der Waals surface area contributed by atoms with E-state index in [1.165, 1.54) is 11.3 Å². The molecule has 2 rings (SSSR count). The molecule has 2 aromatic rings. The molecule has 1 heterocycles. The van der Waals surface area contributed by atoms with Gasteiger partial charge in [0.1, 0.15) is 0 Å². The Kier molecular flexibility index (Phi) is 8.09. The van der Waals surface area contributed by atoms with Crippen molar-refractivity contribution in [3.05, 3.63) is 52.2 Å². The van der Waals surface area contributed by atoms with Crippen LogP contribution < -0.4 is 16.4 Å². The Morgan fingerprint density at radius 1 is 1.12 bits per heavy atom. The van der Waals surface area contributed by atoms with Gasteiger partial charge in [-0.25, -0.2) is 0 Å². The van der Waals surface area contributed by atoms with E-state index in [4.69, 9.17) is 5.73 Å². The van der Waals surface area contributed by atoms with E-state index in [2.05, 4.69) is 10.6 Å². The number of carbonyl (C=O) groups excluding carboxylic acids is 2. The van der Waals surface area contributed by atoms with Crippen LogP contribution in [0.3, 0.4) is 0 Å². The van der Waals surface area contributed by atoms with Crippen LogP contribution in [0.2, 0.25) is 0 Å². The van der Waals surface area contributed by atoms with Crippen molar-refractivity contribution in [3.63, 3.8) is 0 Å². The number of carbonyl (C=O) groups is 2. The second kappa shape index (κ2) is 9.56. The van der Waals surface area contributed by atoms with E-state index in [9.17, 15) is 9.59 Å². The molecule has 0 aliphatic rings. The standard InChI is InChI=1S/C18H23N3O2S.ClH/c1-3-18(19,4-2)12-20-17(23)14-7-5-6-8-15(14)21-16(22)13-9-10-24-11-13;/h5-11H,3-4,12,19H2,1-2H3,(H,20,23)(H,21,22);1H. The highest BCUT2D eigenvalue weighted by Gasteiger charge is 2.22. The summed E-state index contributed by atoms with van der Waals surface area (Å²) in [6.45, 7) is 4.40. The maximum absolute atomic E-state index is 12.5. The van der Waals surface area contributed by atoms with Gasteiger partial charge in [-0.2, -0.15) is 11.3 Å². The first kappa shape index (κ1) is 21.2. The van der Waals surface area contributed by atoms with Gasteiger partial charge >= 0.3 is 0 Å². The molecule has 4 N–H and O–H groups in total. The third-order valence-corrected chi connectivity index (χ3v) is 4.90. The average Bonchev–Trinajstić information content (AvgIpc) is 3.14. The van der Waals surface area contributed by atoms with Gasteiger partial charge in [0.05, 0.1) is 16.8 Å². The van der Waals surface area contributed by atoms with Crippen LogP contribution in [-0.4, -0.2) is 23.9 Å². The zero-order chi connectivity index (χ0) is 17.6. The van der Waals surface area contributed by atoms with Crippen LogP contribution in [0.25, 0.3) is 0 Å². The van der Waals surface area contributed by atoms with Gasteiger partial charge in [0, 0.05) is 17.5 Å². The molecule has 0 aliphatic carbocycles. The minimum Gasteiger partial charge on any atom is -0.350 e. The minimum absolute atomic E-state index is 0. The SMILES string of the molecule is CCC(N)(CC)CNC(=O)c1ccccc1NC(=O)c1ccsc1.Cl. The quantitative estimate of drug-likeness (QED) is 0.684. The summed E-state index contributed by atoms with van der Waals surface area (Å²) in [5.41, 5.74) is 7.30. The van der Waals surface area contributed by atoms with Gasteiger partial charge in [0.15, 0.2) is 0 Å². The number of amides is 2. The molecule has 0 saturated heterocycles. The molecular weight excluding hydrogens is 358 g/mol. The van der Waals surface area contributed by atoms with Crippen molar-refractivity contribution in [2.75, 3.05) is 11.9 Å². The fourth-order valence-electron chi connectivity index (χ4n) is 2.23. The Balaban J connectivity index is 0.00000312.